The molecule has 2 aromatic rings. The number of aromatic nitrogens is 1. The van der Waals surface area contributed by atoms with Crippen LogP contribution in [0.2, 0.25) is 5.02 Å². The first-order valence-corrected chi connectivity index (χ1v) is 7.07. The van der Waals surface area contributed by atoms with Gasteiger partial charge in [-0.25, -0.2) is 0 Å². The van der Waals surface area contributed by atoms with Crippen LogP contribution in [0.1, 0.15) is 22.9 Å². The molecule has 0 aliphatic carbocycles. The molecule has 0 unspecified atom stereocenters. The van der Waals surface area contributed by atoms with Gasteiger partial charge in [-0.05, 0) is 31.3 Å². The second-order valence-electron chi connectivity index (χ2n) is 4.47. The fraction of sp³-hybridized carbons (Fsp3) is 0.176. The molecule has 1 N–H and O–H groups in total. The second-order valence-corrected chi connectivity index (χ2v) is 4.88. The van der Waals surface area contributed by atoms with E-state index >= 15 is 0 Å². The number of hydrogen-bond donors (Lipinski definition) is 1. The predicted octanol–water partition coefficient (Wildman–Crippen LogP) is 2.57. The van der Waals surface area contributed by atoms with Crippen molar-refractivity contribution in [2.24, 2.45) is 0 Å². The number of halogens is 1. The quantitative estimate of drug-likeness (QED) is 0.681. The number of hydrogen-bond acceptors (Lipinski definition) is 4. The molecule has 0 aliphatic heterocycles. The Labute approximate surface area is 134 Å². The highest BCUT2D eigenvalue weighted by molar-refractivity contribution is 6.31. The molecule has 1 aromatic carbocycles. The number of rotatable bonds is 5. The van der Waals surface area contributed by atoms with Crippen molar-refractivity contribution in [1.82, 2.24) is 10.3 Å². The number of nitrogens with one attached hydrogen (secondary N) is 1. The van der Waals surface area contributed by atoms with Crippen molar-refractivity contribution in [3.05, 3.63) is 64.4 Å². The van der Waals surface area contributed by atoms with E-state index in [9.17, 15) is 4.79 Å². The topological polar surface area (TPSA) is 51.2 Å². The number of carbonyl (C=O) groups excluding carboxylic acids is 1. The predicted molar refractivity (Wildman–Crippen MR) is 85.5 cm³/mol. The Morgan fingerprint density at radius 1 is 1.36 bits per heavy atom. The molecule has 0 bridgehead atoms. The third-order valence-corrected chi connectivity index (χ3v) is 3.36. The lowest BCUT2D eigenvalue weighted by Crippen LogP contribution is -2.22. The molecule has 0 saturated heterocycles. The van der Waals surface area contributed by atoms with Crippen molar-refractivity contribution in [2.75, 3.05) is 13.7 Å². The molecule has 5 heteroatoms. The summed E-state index contributed by atoms with van der Waals surface area (Å²) in [6, 6.07) is 10.9. The van der Waals surface area contributed by atoms with Crippen LogP contribution < -0.4 is 5.32 Å². The van der Waals surface area contributed by atoms with E-state index in [-0.39, 0.29) is 12.6 Å². The van der Waals surface area contributed by atoms with Gasteiger partial charge in [0.05, 0.1) is 16.8 Å². The van der Waals surface area contributed by atoms with Gasteiger partial charge in [0.2, 0.25) is 0 Å². The van der Waals surface area contributed by atoms with Gasteiger partial charge < -0.3 is 10.1 Å². The lowest BCUT2D eigenvalue weighted by atomic mass is 10.1. The van der Waals surface area contributed by atoms with Crippen LogP contribution in [-0.2, 0) is 9.53 Å². The summed E-state index contributed by atoms with van der Waals surface area (Å²) in [7, 11) is 1.78. The molecule has 1 atom stereocenters. The summed E-state index contributed by atoms with van der Waals surface area (Å²) in [6.07, 6.45) is 1.68. The summed E-state index contributed by atoms with van der Waals surface area (Å²) in [4.78, 5) is 14.6. The highest BCUT2D eigenvalue weighted by Crippen LogP contribution is 2.14. The molecule has 1 aromatic heterocycles. The molecule has 0 spiro atoms. The largest absolute Gasteiger partial charge is 0.466 e. The van der Waals surface area contributed by atoms with Crippen LogP contribution in [-0.4, -0.2) is 25.1 Å². The van der Waals surface area contributed by atoms with Crippen LogP contribution in [0.15, 0.2) is 42.6 Å². The van der Waals surface area contributed by atoms with Crippen LogP contribution >= 0.6 is 11.6 Å². The zero-order valence-electron chi connectivity index (χ0n) is 12.0. The van der Waals surface area contributed by atoms with E-state index < -0.39 is 0 Å². The summed E-state index contributed by atoms with van der Waals surface area (Å²) >= 11 is 6.08. The molecule has 1 heterocycles. The van der Waals surface area contributed by atoms with Crippen LogP contribution in [0, 0.1) is 11.8 Å². The zero-order chi connectivity index (χ0) is 15.8. The average molecular weight is 315 g/mol. The summed E-state index contributed by atoms with van der Waals surface area (Å²) in [6.45, 7) is 0.639. The van der Waals surface area contributed by atoms with E-state index in [1.807, 2.05) is 30.3 Å². The van der Waals surface area contributed by atoms with E-state index in [0.717, 1.165) is 16.8 Å². The minimum atomic E-state index is -0.174. The maximum atomic E-state index is 10.3. The van der Waals surface area contributed by atoms with Gasteiger partial charge in [-0.2, -0.15) is 0 Å². The van der Waals surface area contributed by atoms with Gasteiger partial charge in [-0.3, -0.25) is 9.78 Å². The van der Waals surface area contributed by atoms with Crippen molar-refractivity contribution in [1.29, 1.82) is 0 Å². The number of pyridine rings is 1. The highest BCUT2D eigenvalue weighted by atomic mass is 35.5. The van der Waals surface area contributed by atoms with E-state index in [1.54, 1.807) is 19.3 Å². The first kappa shape index (κ1) is 16.0. The van der Waals surface area contributed by atoms with Gasteiger partial charge in [-0.15, -0.1) is 0 Å². The molecule has 22 heavy (non-hydrogen) atoms. The van der Waals surface area contributed by atoms with Gasteiger partial charge in [-0.1, -0.05) is 35.6 Å². The molecule has 0 fully saturated rings. The van der Waals surface area contributed by atoms with E-state index in [0.29, 0.717) is 11.5 Å². The van der Waals surface area contributed by atoms with Crippen LogP contribution in [0.25, 0.3) is 0 Å². The van der Waals surface area contributed by atoms with Gasteiger partial charge in [0, 0.05) is 17.3 Å². The SMILES string of the molecule is CN[C@@H](COC=O)c1cc(C#Cc2ccccc2Cl)ccn1. The van der Waals surface area contributed by atoms with Crippen molar-refractivity contribution in [2.45, 2.75) is 6.04 Å². The van der Waals surface area contributed by atoms with Crippen molar-refractivity contribution >= 4 is 18.1 Å². The molecule has 2 rings (SSSR count). The number of ether oxygens (including phenoxy) is 1. The Balaban J connectivity index is 2.22. The minimum Gasteiger partial charge on any atom is -0.466 e. The molecule has 112 valence electrons. The van der Waals surface area contributed by atoms with Crippen molar-refractivity contribution in [3.63, 3.8) is 0 Å². The molecule has 0 saturated carbocycles. The van der Waals surface area contributed by atoms with E-state index in [2.05, 4.69) is 22.1 Å². The number of likely N-dealkylation sites (N-methyl/N-ethyl adjacent to an activating group) is 1. The van der Waals surface area contributed by atoms with Gasteiger partial charge in [0.25, 0.3) is 6.47 Å². The monoisotopic (exact) mass is 314 g/mol. The fourth-order valence-electron chi connectivity index (χ4n) is 1.87. The normalized spacial score (nSPS) is 11.2. The molecule has 0 radical (unpaired) electrons. The van der Waals surface area contributed by atoms with Crippen LogP contribution in [0.5, 0.6) is 0 Å². The minimum absolute atomic E-state index is 0.174. The maximum absolute atomic E-state index is 10.3. The maximum Gasteiger partial charge on any atom is 0.293 e. The highest BCUT2D eigenvalue weighted by Gasteiger charge is 2.11. The molecular weight excluding hydrogens is 300 g/mol. The van der Waals surface area contributed by atoms with Gasteiger partial charge in [0.15, 0.2) is 0 Å². The molecule has 0 aliphatic rings. The first-order chi connectivity index (χ1) is 10.7. The first-order valence-electron chi connectivity index (χ1n) is 6.69. The Hall–Kier alpha value is -2.35. The van der Waals surface area contributed by atoms with Gasteiger partial charge in [0.1, 0.15) is 6.61 Å². The summed E-state index contributed by atoms with van der Waals surface area (Å²) in [5.74, 6) is 6.10. The van der Waals surface area contributed by atoms with Gasteiger partial charge >= 0.3 is 0 Å². The summed E-state index contributed by atoms with van der Waals surface area (Å²) in [5, 5.41) is 3.67. The Morgan fingerprint density at radius 3 is 2.91 bits per heavy atom. The third-order valence-electron chi connectivity index (χ3n) is 3.03. The van der Waals surface area contributed by atoms with Crippen molar-refractivity contribution < 1.29 is 9.53 Å². The summed E-state index contributed by atoms with van der Waals surface area (Å²) < 4.78 is 4.79. The number of nitrogens with zero attached hydrogens (tertiary/aromatic N) is 1. The third kappa shape index (κ3) is 4.32. The lowest BCUT2D eigenvalue weighted by molar-refractivity contribution is -0.129. The second kappa shape index (κ2) is 8.18. The Bertz CT molecular complexity index is 707. The number of carbonyl (C=O) groups is 1. The molecule has 4 nitrogen and oxygen atoms in total. The van der Waals surface area contributed by atoms with Crippen LogP contribution in [0.3, 0.4) is 0 Å². The van der Waals surface area contributed by atoms with E-state index in [1.165, 1.54) is 0 Å². The number of benzene rings is 1. The smallest absolute Gasteiger partial charge is 0.293 e. The lowest BCUT2D eigenvalue weighted by Gasteiger charge is -2.14. The Kier molecular flexibility index (Phi) is 5.96. The zero-order valence-corrected chi connectivity index (χ0v) is 12.8. The van der Waals surface area contributed by atoms with E-state index in [4.69, 9.17) is 16.3 Å². The fourth-order valence-corrected chi connectivity index (χ4v) is 2.05. The standard InChI is InChI=1S/C17H15ClN2O2/c1-19-17(11-22-12-21)16-10-13(8-9-20-16)6-7-14-4-2-3-5-15(14)18/h2-5,8-10,12,17,19H,11H2,1H3/t17-/m0/s1. The molecular formula is C17H15ClN2O2. The average Bonchev–Trinajstić information content (AvgIpc) is 2.55. The Morgan fingerprint density at radius 2 is 2.18 bits per heavy atom. The molecule has 0 amide bonds. The van der Waals surface area contributed by atoms with Crippen molar-refractivity contribution in [3.8, 4) is 11.8 Å². The van der Waals surface area contributed by atoms with Crippen LogP contribution in [0.4, 0.5) is 0 Å². The summed E-state index contributed by atoms with van der Waals surface area (Å²) in [5.41, 5.74) is 2.35.